The van der Waals surface area contributed by atoms with E-state index < -0.39 is 11.9 Å². The van der Waals surface area contributed by atoms with E-state index in [0.717, 1.165) is 16.1 Å². The van der Waals surface area contributed by atoms with Gasteiger partial charge in [0.15, 0.2) is 5.65 Å². The number of likely N-dealkylation sites (tertiary alicyclic amines) is 1. The Morgan fingerprint density at radius 3 is 2.43 bits per heavy atom. The van der Waals surface area contributed by atoms with Crippen molar-refractivity contribution in [1.29, 1.82) is 0 Å². The molecule has 0 saturated carbocycles. The zero-order valence-corrected chi connectivity index (χ0v) is 16.3. The van der Waals surface area contributed by atoms with Gasteiger partial charge in [-0.25, -0.2) is 13.9 Å². The van der Waals surface area contributed by atoms with Crippen LogP contribution in [0, 0.1) is 12.7 Å². The van der Waals surface area contributed by atoms with Crippen LogP contribution in [-0.4, -0.2) is 38.5 Å². The molecule has 2 aromatic heterocycles. The number of rotatable bonds is 3. The van der Waals surface area contributed by atoms with E-state index in [2.05, 4.69) is 10.1 Å². The number of aromatic nitrogens is 3. The Bertz CT molecular complexity index is 1070. The molecule has 3 aromatic rings. The van der Waals surface area contributed by atoms with Gasteiger partial charge in [0.25, 0.3) is 0 Å². The molecule has 0 radical (unpaired) electrons. The SMILES string of the molecule is Cc1cc2nc(C3CCN(C(=O)Cc4ccc(F)cc4)CC3)cc(C(F)(F)F)n2n1. The highest BCUT2D eigenvalue weighted by Gasteiger charge is 2.36. The van der Waals surface area contributed by atoms with E-state index in [4.69, 9.17) is 0 Å². The zero-order chi connectivity index (χ0) is 21.5. The van der Waals surface area contributed by atoms with Crippen LogP contribution in [0.4, 0.5) is 17.6 Å². The molecule has 0 spiro atoms. The summed E-state index contributed by atoms with van der Waals surface area (Å²) in [6, 6.07) is 8.37. The molecule has 1 fully saturated rings. The number of hydrogen-bond acceptors (Lipinski definition) is 3. The minimum Gasteiger partial charge on any atom is -0.342 e. The number of halogens is 4. The molecular weight excluding hydrogens is 400 g/mol. The Balaban J connectivity index is 1.48. The molecule has 0 N–H and O–H groups in total. The molecule has 1 aliphatic rings. The number of carbonyl (C=O) groups is 1. The lowest BCUT2D eigenvalue weighted by Crippen LogP contribution is -2.39. The van der Waals surface area contributed by atoms with E-state index in [-0.39, 0.29) is 29.7 Å². The van der Waals surface area contributed by atoms with Crippen LogP contribution in [0.2, 0.25) is 0 Å². The lowest BCUT2D eigenvalue weighted by molar-refractivity contribution is -0.142. The maximum Gasteiger partial charge on any atom is 0.433 e. The smallest absolute Gasteiger partial charge is 0.342 e. The second-order valence-corrected chi connectivity index (χ2v) is 7.58. The molecular formula is C21H20F4N4O. The first-order valence-electron chi connectivity index (χ1n) is 9.67. The van der Waals surface area contributed by atoms with Gasteiger partial charge in [-0.1, -0.05) is 12.1 Å². The van der Waals surface area contributed by atoms with Crippen molar-refractivity contribution < 1.29 is 22.4 Å². The highest BCUT2D eigenvalue weighted by Crippen LogP contribution is 2.34. The summed E-state index contributed by atoms with van der Waals surface area (Å²) < 4.78 is 54.4. The third-order valence-corrected chi connectivity index (χ3v) is 5.39. The lowest BCUT2D eigenvalue weighted by atomic mass is 9.92. The Kier molecular flexibility index (Phi) is 5.21. The van der Waals surface area contributed by atoms with Crippen molar-refractivity contribution in [3.63, 3.8) is 0 Å². The quantitative estimate of drug-likeness (QED) is 0.599. The van der Waals surface area contributed by atoms with Gasteiger partial charge in [0.1, 0.15) is 11.5 Å². The molecule has 0 unspecified atom stereocenters. The Morgan fingerprint density at radius 2 is 1.80 bits per heavy atom. The Morgan fingerprint density at radius 1 is 1.13 bits per heavy atom. The van der Waals surface area contributed by atoms with Crippen molar-refractivity contribution in [1.82, 2.24) is 19.5 Å². The molecule has 158 valence electrons. The minimum atomic E-state index is -4.54. The van der Waals surface area contributed by atoms with Crippen LogP contribution in [0.25, 0.3) is 5.65 Å². The molecule has 4 rings (SSSR count). The van der Waals surface area contributed by atoms with E-state index in [9.17, 15) is 22.4 Å². The third-order valence-electron chi connectivity index (χ3n) is 5.39. The summed E-state index contributed by atoms with van der Waals surface area (Å²) >= 11 is 0. The van der Waals surface area contributed by atoms with Crippen LogP contribution in [-0.2, 0) is 17.4 Å². The average molecular weight is 420 g/mol. The van der Waals surface area contributed by atoms with Crippen molar-refractivity contribution in [2.24, 2.45) is 0 Å². The number of benzene rings is 1. The van der Waals surface area contributed by atoms with Crippen LogP contribution in [0.15, 0.2) is 36.4 Å². The maximum absolute atomic E-state index is 13.5. The number of fused-ring (bicyclic) bond motifs is 1. The van der Waals surface area contributed by atoms with Crippen molar-refractivity contribution in [2.75, 3.05) is 13.1 Å². The van der Waals surface area contributed by atoms with E-state index in [1.807, 2.05) is 0 Å². The van der Waals surface area contributed by atoms with E-state index in [1.165, 1.54) is 18.2 Å². The molecule has 1 aromatic carbocycles. The number of nitrogens with zero attached hydrogens (tertiary/aromatic N) is 4. The lowest BCUT2D eigenvalue weighted by Gasteiger charge is -2.32. The summed E-state index contributed by atoms with van der Waals surface area (Å²) in [6.07, 6.45) is -3.31. The fraction of sp³-hybridized carbons (Fsp3) is 0.381. The fourth-order valence-electron chi connectivity index (χ4n) is 3.83. The second-order valence-electron chi connectivity index (χ2n) is 7.58. The van der Waals surface area contributed by atoms with E-state index >= 15 is 0 Å². The summed E-state index contributed by atoms with van der Waals surface area (Å²) in [7, 11) is 0. The number of hydrogen-bond donors (Lipinski definition) is 0. The van der Waals surface area contributed by atoms with Crippen LogP contribution in [0.3, 0.4) is 0 Å². The van der Waals surface area contributed by atoms with Crippen LogP contribution in [0.1, 0.15) is 41.4 Å². The molecule has 1 aliphatic heterocycles. The molecule has 5 nitrogen and oxygen atoms in total. The first-order chi connectivity index (χ1) is 14.2. The molecule has 0 atom stereocenters. The van der Waals surface area contributed by atoms with Gasteiger partial charge in [0.05, 0.1) is 12.1 Å². The van der Waals surface area contributed by atoms with Crippen LogP contribution < -0.4 is 0 Å². The molecule has 1 saturated heterocycles. The largest absolute Gasteiger partial charge is 0.433 e. The van der Waals surface area contributed by atoms with Gasteiger partial charge in [0, 0.05) is 30.8 Å². The summed E-state index contributed by atoms with van der Waals surface area (Å²) in [5, 5.41) is 3.90. The molecule has 0 aliphatic carbocycles. The normalized spacial score (nSPS) is 15.7. The van der Waals surface area contributed by atoms with Crippen molar-refractivity contribution in [2.45, 2.75) is 38.3 Å². The Labute approximate surface area is 170 Å². The molecule has 30 heavy (non-hydrogen) atoms. The third kappa shape index (κ3) is 4.15. The van der Waals surface area contributed by atoms with Crippen LogP contribution >= 0.6 is 0 Å². The number of alkyl halides is 3. The van der Waals surface area contributed by atoms with Crippen molar-refractivity contribution in [3.8, 4) is 0 Å². The molecule has 9 heteroatoms. The summed E-state index contributed by atoms with van der Waals surface area (Å²) in [5.41, 5.74) is 0.894. The summed E-state index contributed by atoms with van der Waals surface area (Å²) in [6.45, 7) is 2.51. The minimum absolute atomic E-state index is 0.0779. The highest BCUT2D eigenvalue weighted by molar-refractivity contribution is 5.78. The molecule has 3 heterocycles. The Hall–Kier alpha value is -2.97. The van der Waals surface area contributed by atoms with E-state index in [1.54, 1.807) is 24.0 Å². The standard InChI is InChI=1S/C21H20F4N4O/c1-13-10-19-26-17(12-18(21(23,24)25)29(19)27-13)15-6-8-28(9-7-15)20(30)11-14-2-4-16(22)5-3-14/h2-5,10,12,15H,6-9,11H2,1H3. The summed E-state index contributed by atoms with van der Waals surface area (Å²) in [4.78, 5) is 18.6. The number of piperidine rings is 1. The highest BCUT2D eigenvalue weighted by atomic mass is 19.4. The fourth-order valence-corrected chi connectivity index (χ4v) is 3.83. The predicted molar refractivity (Wildman–Crippen MR) is 101 cm³/mol. The zero-order valence-electron chi connectivity index (χ0n) is 16.3. The van der Waals surface area contributed by atoms with Gasteiger partial charge in [-0.3, -0.25) is 4.79 Å². The predicted octanol–water partition coefficient (Wildman–Crippen LogP) is 4.14. The maximum atomic E-state index is 13.5. The topological polar surface area (TPSA) is 50.5 Å². The monoisotopic (exact) mass is 420 g/mol. The number of aryl methyl sites for hydroxylation is 1. The first kappa shape index (κ1) is 20.3. The van der Waals surface area contributed by atoms with E-state index in [0.29, 0.717) is 37.3 Å². The van der Waals surface area contributed by atoms with Crippen LogP contribution in [0.5, 0.6) is 0 Å². The average Bonchev–Trinajstić information content (AvgIpc) is 3.08. The molecule has 0 bridgehead atoms. The van der Waals surface area contributed by atoms with Gasteiger partial charge in [-0.15, -0.1) is 0 Å². The second kappa shape index (κ2) is 7.70. The van der Waals surface area contributed by atoms with Gasteiger partial charge in [0.2, 0.25) is 5.91 Å². The first-order valence-corrected chi connectivity index (χ1v) is 9.67. The number of carbonyl (C=O) groups excluding carboxylic acids is 1. The van der Waals surface area contributed by atoms with Crippen molar-refractivity contribution in [3.05, 3.63) is 64.9 Å². The van der Waals surface area contributed by atoms with Gasteiger partial charge in [-0.2, -0.15) is 18.3 Å². The van der Waals surface area contributed by atoms with Gasteiger partial charge < -0.3 is 4.90 Å². The van der Waals surface area contributed by atoms with Crippen molar-refractivity contribution >= 4 is 11.6 Å². The summed E-state index contributed by atoms with van der Waals surface area (Å²) in [5.74, 6) is -0.602. The number of amides is 1. The van der Waals surface area contributed by atoms with Gasteiger partial charge in [-0.05, 0) is 43.5 Å². The van der Waals surface area contributed by atoms with Gasteiger partial charge >= 0.3 is 6.18 Å². The molecule has 1 amide bonds.